The molecule has 2 aliphatic rings. The molecule has 0 unspecified atom stereocenters. The summed E-state index contributed by atoms with van der Waals surface area (Å²) in [4.78, 5) is 14.9. The molecule has 0 spiro atoms. The Balaban J connectivity index is 1.80. The van der Waals surface area contributed by atoms with Crippen molar-refractivity contribution in [1.82, 2.24) is 10.2 Å². The van der Waals surface area contributed by atoms with Crippen LogP contribution < -0.4 is 5.32 Å². The SMILES string of the molecule is C[C@H]1CC[C@@H](C(=O)N2CCc3cc(Cl)cc(Cl)c3[C@@H]2C)CN1. The zero-order valence-corrected chi connectivity index (χ0v) is 14.5. The van der Waals surface area contributed by atoms with Crippen molar-refractivity contribution in [3.05, 3.63) is 33.3 Å². The first-order chi connectivity index (χ1) is 10.5. The Hall–Kier alpha value is -0.770. The van der Waals surface area contributed by atoms with Crippen LogP contribution in [0.15, 0.2) is 12.1 Å². The summed E-state index contributed by atoms with van der Waals surface area (Å²) in [5, 5.41) is 4.75. The number of hydrogen-bond donors (Lipinski definition) is 1. The van der Waals surface area contributed by atoms with Crippen molar-refractivity contribution in [2.75, 3.05) is 13.1 Å². The van der Waals surface area contributed by atoms with E-state index < -0.39 is 0 Å². The Morgan fingerprint density at radius 3 is 2.73 bits per heavy atom. The number of carbonyl (C=O) groups is 1. The minimum Gasteiger partial charge on any atom is -0.335 e. The molecule has 1 saturated heterocycles. The number of piperidine rings is 1. The molecule has 1 amide bonds. The van der Waals surface area contributed by atoms with Crippen molar-refractivity contribution in [2.24, 2.45) is 5.92 Å². The van der Waals surface area contributed by atoms with E-state index in [1.807, 2.05) is 11.0 Å². The van der Waals surface area contributed by atoms with Gasteiger partial charge in [-0.1, -0.05) is 23.2 Å². The molecule has 1 fully saturated rings. The molecule has 0 saturated carbocycles. The maximum atomic E-state index is 12.9. The van der Waals surface area contributed by atoms with Crippen molar-refractivity contribution < 1.29 is 4.79 Å². The number of nitrogens with one attached hydrogen (secondary N) is 1. The van der Waals surface area contributed by atoms with Crippen LogP contribution in [0.2, 0.25) is 10.0 Å². The lowest BCUT2D eigenvalue weighted by atomic mass is 9.89. The second-order valence-electron chi connectivity index (χ2n) is 6.50. The van der Waals surface area contributed by atoms with E-state index in [0.717, 1.165) is 37.9 Å². The fraction of sp³-hybridized carbons (Fsp3) is 0.588. The Labute approximate surface area is 142 Å². The summed E-state index contributed by atoms with van der Waals surface area (Å²) in [5.74, 6) is 0.342. The van der Waals surface area contributed by atoms with Crippen LogP contribution >= 0.6 is 23.2 Å². The Kier molecular flexibility index (Phi) is 4.67. The molecule has 5 heteroatoms. The summed E-state index contributed by atoms with van der Waals surface area (Å²) in [5.41, 5.74) is 2.23. The van der Waals surface area contributed by atoms with Crippen LogP contribution in [0.25, 0.3) is 0 Å². The van der Waals surface area contributed by atoms with Crippen molar-refractivity contribution in [2.45, 2.75) is 45.2 Å². The highest BCUT2D eigenvalue weighted by molar-refractivity contribution is 6.35. The zero-order valence-electron chi connectivity index (χ0n) is 13.0. The molecule has 3 nitrogen and oxygen atoms in total. The average Bonchev–Trinajstić information content (AvgIpc) is 2.47. The number of amides is 1. The fourth-order valence-corrected chi connectivity index (χ4v) is 4.34. The lowest BCUT2D eigenvalue weighted by molar-refractivity contribution is -0.138. The number of halogens is 2. The number of hydrogen-bond acceptors (Lipinski definition) is 2. The molecule has 0 aromatic heterocycles. The number of rotatable bonds is 1. The van der Waals surface area contributed by atoms with Crippen LogP contribution in [-0.2, 0) is 11.2 Å². The predicted octanol–water partition coefficient (Wildman–Crippen LogP) is 3.83. The van der Waals surface area contributed by atoms with E-state index in [0.29, 0.717) is 16.1 Å². The third kappa shape index (κ3) is 2.99. The summed E-state index contributed by atoms with van der Waals surface area (Å²) >= 11 is 12.5. The highest BCUT2D eigenvalue weighted by atomic mass is 35.5. The van der Waals surface area contributed by atoms with Crippen LogP contribution in [0.4, 0.5) is 0 Å². The molecular formula is C17H22Cl2N2O. The van der Waals surface area contributed by atoms with Gasteiger partial charge in [0.25, 0.3) is 0 Å². The van der Waals surface area contributed by atoms with Crippen molar-refractivity contribution in [3.8, 4) is 0 Å². The van der Waals surface area contributed by atoms with Gasteiger partial charge in [-0.15, -0.1) is 0 Å². The smallest absolute Gasteiger partial charge is 0.227 e. The van der Waals surface area contributed by atoms with E-state index in [1.54, 1.807) is 6.07 Å². The third-order valence-electron chi connectivity index (χ3n) is 4.98. The minimum atomic E-state index is 0.0142. The van der Waals surface area contributed by atoms with Gasteiger partial charge in [0.15, 0.2) is 0 Å². The van der Waals surface area contributed by atoms with Crippen LogP contribution in [-0.4, -0.2) is 29.9 Å². The molecule has 1 N–H and O–H groups in total. The molecule has 22 heavy (non-hydrogen) atoms. The van der Waals surface area contributed by atoms with Crippen LogP contribution in [0, 0.1) is 5.92 Å². The lowest BCUT2D eigenvalue weighted by Crippen LogP contribution is -2.48. The van der Waals surface area contributed by atoms with Crippen molar-refractivity contribution in [1.29, 1.82) is 0 Å². The van der Waals surface area contributed by atoms with E-state index in [1.165, 1.54) is 5.56 Å². The van der Waals surface area contributed by atoms with E-state index in [9.17, 15) is 4.79 Å². The van der Waals surface area contributed by atoms with Gasteiger partial charge < -0.3 is 10.2 Å². The summed E-state index contributed by atoms with van der Waals surface area (Å²) < 4.78 is 0. The maximum Gasteiger partial charge on any atom is 0.227 e. The molecule has 3 atom stereocenters. The van der Waals surface area contributed by atoms with Crippen LogP contribution in [0.1, 0.15) is 43.9 Å². The largest absolute Gasteiger partial charge is 0.335 e. The molecule has 1 aromatic carbocycles. The van der Waals surface area contributed by atoms with Crippen LogP contribution in [0.3, 0.4) is 0 Å². The van der Waals surface area contributed by atoms with Gasteiger partial charge in [0.05, 0.1) is 12.0 Å². The number of carbonyl (C=O) groups excluding carboxylic acids is 1. The maximum absolute atomic E-state index is 12.9. The highest BCUT2D eigenvalue weighted by Crippen LogP contribution is 2.37. The predicted molar refractivity (Wildman–Crippen MR) is 90.5 cm³/mol. The van der Waals surface area contributed by atoms with Gasteiger partial charge in [-0.2, -0.15) is 0 Å². The first-order valence-electron chi connectivity index (χ1n) is 7.99. The molecule has 0 aliphatic carbocycles. The summed E-state index contributed by atoms with van der Waals surface area (Å²) in [7, 11) is 0. The molecule has 0 bridgehead atoms. The number of fused-ring (bicyclic) bond motifs is 1. The van der Waals surface area contributed by atoms with Crippen molar-refractivity contribution in [3.63, 3.8) is 0 Å². The Bertz CT molecular complexity index is 582. The normalized spacial score (nSPS) is 28.4. The van der Waals surface area contributed by atoms with Gasteiger partial charge in [-0.3, -0.25) is 4.79 Å². The minimum absolute atomic E-state index is 0.0142. The van der Waals surface area contributed by atoms with Gasteiger partial charge in [0.1, 0.15) is 0 Å². The Morgan fingerprint density at radius 1 is 1.27 bits per heavy atom. The molecular weight excluding hydrogens is 319 g/mol. The quantitative estimate of drug-likeness (QED) is 0.842. The molecule has 3 rings (SSSR count). The zero-order chi connectivity index (χ0) is 15.9. The standard InChI is InChI=1S/C17H22Cl2N2O/c1-10-3-4-13(9-20-10)17(22)21-6-5-12-7-14(18)8-15(19)16(12)11(21)2/h7-8,10-11,13,20H,3-6,9H2,1-2H3/t10-,11-,13+/m0/s1. The Morgan fingerprint density at radius 2 is 2.05 bits per heavy atom. The van der Waals surface area contributed by atoms with Crippen molar-refractivity contribution >= 4 is 29.1 Å². The summed E-state index contributed by atoms with van der Waals surface area (Å²) in [6, 6.07) is 4.28. The molecule has 120 valence electrons. The van der Waals surface area contributed by atoms with E-state index in [4.69, 9.17) is 23.2 Å². The monoisotopic (exact) mass is 340 g/mol. The summed E-state index contributed by atoms with van der Waals surface area (Å²) in [6.45, 7) is 5.76. The number of benzene rings is 1. The fourth-order valence-electron chi connectivity index (χ4n) is 3.65. The second kappa shape index (κ2) is 6.38. The van der Waals surface area contributed by atoms with E-state index in [-0.39, 0.29) is 17.9 Å². The van der Waals surface area contributed by atoms with Crippen LogP contribution in [0.5, 0.6) is 0 Å². The topological polar surface area (TPSA) is 32.3 Å². The molecule has 1 aromatic rings. The first kappa shape index (κ1) is 16.1. The van der Waals surface area contributed by atoms with E-state index in [2.05, 4.69) is 19.2 Å². The van der Waals surface area contributed by atoms with Gasteiger partial charge in [-0.25, -0.2) is 0 Å². The summed E-state index contributed by atoms with van der Waals surface area (Å²) in [6.07, 6.45) is 2.85. The molecule has 2 heterocycles. The highest BCUT2D eigenvalue weighted by Gasteiger charge is 2.34. The molecule has 0 radical (unpaired) electrons. The number of nitrogens with zero attached hydrogens (tertiary/aromatic N) is 1. The van der Waals surface area contributed by atoms with Gasteiger partial charge in [0, 0.05) is 29.2 Å². The first-order valence-corrected chi connectivity index (χ1v) is 8.74. The average molecular weight is 341 g/mol. The molecule has 2 aliphatic heterocycles. The third-order valence-corrected chi connectivity index (χ3v) is 5.51. The van der Waals surface area contributed by atoms with Gasteiger partial charge >= 0.3 is 0 Å². The lowest BCUT2D eigenvalue weighted by Gasteiger charge is -2.39. The van der Waals surface area contributed by atoms with Gasteiger partial charge in [-0.05, 0) is 56.4 Å². The van der Waals surface area contributed by atoms with E-state index >= 15 is 0 Å². The van der Waals surface area contributed by atoms with Gasteiger partial charge in [0.2, 0.25) is 5.91 Å². The second-order valence-corrected chi connectivity index (χ2v) is 7.35.